The Hall–Kier alpha value is -3.26. The van der Waals surface area contributed by atoms with Crippen molar-refractivity contribution in [1.82, 2.24) is 9.97 Å². The number of para-hydroxylation sites is 1. The van der Waals surface area contributed by atoms with Crippen molar-refractivity contribution in [2.45, 2.75) is 13.8 Å². The lowest BCUT2D eigenvalue weighted by atomic mass is 10.1. The van der Waals surface area contributed by atoms with Crippen LogP contribution in [0, 0.1) is 13.8 Å². The maximum atomic E-state index is 3.41. The van der Waals surface area contributed by atoms with Crippen molar-refractivity contribution in [2.24, 2.45) is 0 Å². The first-order valence-electron chi connectivity index (χ1n) is 8.88. The molecular formula is C24H22N2. The van der Waals surface area contributed by atoms with E-state index in [1.807, 2.05) is 12.1 Å². The number of aromatic amines is 2. The lowest BCUT2D eigenvalue weighted by molar-refractivity contribution is 1.30. The zero-order chi connectivity index (χ0) is 17.9. The van der Waals surface area contributed by atoms with Gasteiger partial charge in [-0.15, -0.1) is 0 Å². The molecule has 0 fully saturated rings. The summed E-state index contributed by atoms with van der Waals surface area (Å²) in [5.74, 6) is 0. The van der Waals surface area contributed by atoms with E-state index in [0.29, 0.717) is 0 Å². The maximum absolute atomic E-state index is 3.41. The minimum atomic E-state index is 1.18. The van der Waals surface area contributed by atoms with Gasteiger partial charge >= 0.3 is 0 Å². The number of benzene rings is 3. The largest absolute Gasteiger partial charge is 0.359 e. The zero-order valence-electron chi connectivity index (χ0n) is 15.1. The molecule has 2 aromatic heterocycles. The van der Waals surface area contributed by atoms with Crippen molar-refractivity contribution in [3.63, 3.8) is 0 Å². The summed E-state index contributed by atoms with van der Waals surface area (Å²) in [5.41, 5.74) is 7.37. The van der Waals surface area contributed by atoms with Crippen LogP contribution in [-0.4, -0.2) is 9.97 Å². The van der Waals surface area contributed by atoms with Crippen molar-refractivity contribution >= 4 is 21.8 Å². The highest BCUT2D eigenvalue weighted by Crippen LogP contribution is 2.23. The average molecular weight is 338 g/mol. The van der Waals surface area contributed by atoms with Crippen molar-refractivity contribution < 1.29 is 0 Å². The van der Waals surface area contributed by atoms with Crippen LogP contribution in [0.4, 0.5) is 0 Å². The standard InChI is InChI=1S/C14H11N.C10H11N/c1-2-6-11(7-3-1)14-10-12-8-4-5-9-13(12)15-14;1-7-3-4-10-9(5-7)6-8(2)11-10/h1-10,15H;3-6,11H,1-2H3. The third-order valence-corrected chi connectivity index (χ3v) is 4.53. The first-order chi connectivity index (χ1) is 12.7. The Labute approximate surface area is 153 Å². The lowest BCUT2D eigenvalue weighted by Gasteiger charge is -1.94. The molecular weight excluding hydrogens is 316 g/mol. The summed E-state index contributed by atoms with van der Waals surface area (Å²) in [6.45, 7) is 4.19. The van der Waals surface area contributed by atoms with Crippen molar-refractivity contribution in [3.05, 3.63) is 96.2 Å². The molecule has 2 heterocycles. The number of aromatic nitrogens is 2. The minimum Gasteiger partial charge on any atom is -0.359 e. The monoisotopic (exact) mass is 338 g/mol. The molecule has 0 saturated heterocycles. The Balaban J connectivity index is 0.000000136. The molecule has 0 radical (unpaired) electrons. The first-order valence-corrected chi connectivity index (χ1v) is 8.88. The molecule has 26 heavy (non-hydrogen) atoms. The molecule has 0 saturated carbocycles. The van der Waals surface area contributed by atoms with Gasteiger partial charge in [0.25, 0.3) is 0 Å². The van der Waals surface area contributed by atoms with Gasteiger partial charge in [-0.2, -0.15) is 0 Å². The number of rotatable bonds is 1. The molecule has 0 amide bonds. The van der Waals surface area contributed by atoms with Crippen LogP contribution in [0.1, 0.15) is 11.3 Å². The van der Waals surface area contributed by atoms with E-state index in [1.165, 1.54) is 44.3 Å². The third kappa shape index (κ3) is 3.40. The quantitative estimate of drug-likeness (QED) is 0.344. The summed E-state index contributed by atoms with van der Waals surface area (Å²) < 4.78 is 0. The Bertz CT molecular complexity index is 1110. The van der Waals surface area contributed by atoms with Gasteiger partial charge in [0.05, 0.1) is 0 Å². The average Bonchev–Trinajstić information content (AvgIpc) is 3.25. The molecule has 128 valence electrons. The number of fused-ring (bicyclic) bond motifs is 2. The molecule has 0 atom stereocenters. The topological polar surface area (TPSA) is 31.6 Å². The van der Waals surface area contributed by atoms with E-state index in [4.69, 9.17) is 0 Å². The van der Waals surface area contributed by atoms with Crippen LogP contribution in [0.15, 0.2) is 84.9 Å². The van der Waals surface area contributed by atoms with Crippen LogP contribution < -0.4 is 0 Å². The van der Waals surface area contributed by atoms with E-state index in [2.05, 4.69) is 96.6 Å². The van der Waals surface area contributed by atoms with Crippen molar-refractivity contribution in [3.8, 4) is 11.3 Å². The van der Waals surface area contributed by atoms with E-state index < -0.39 is 0 Å². The molecule has 2 nitrogen and oxygen atoms in total. The number of H-pyrrole nitrogens is 2. The van der Waals surface area contributed by atoms with Gasteiger partial charge in [0, 0.05) is 27.8 Å². The van der Waals surface area contributed by atoms with Crippen LogP contribution in [0.25, 0.3) is 33.1 Å². The summed E-state index contributed by atoms with van der Waals surface area (Å²) in [7, 11) is 0. The van der Waals surface area contributed by atoms with Crippen LogP contribution >= 0.6 is 0 Å². The summed E-state index contributed by atoms with van der Waals surface area (Å²) in [6, 6.07) is 29.5. The molecule has 0 unspecified atom stereocenters. The van der Waals surface area contributed by atoms with E-state index in [0.717, 1.165) is 0 Å². The highest BCUT2D eigenvalue weighted by Gasteiger charge is 2.01. The van der Waals surface area contributed by atoms with Gasteiger partial charge in [-0.25, -0.2) is 0 Å². The fourth-order valence-corrected chi connectivity index (χ4v) is 3.24. The second-order valence-corrected chi connectivity index (χ2v) is 6.68. The van der Waals surface area contributed by atoms with Gasteiger partial charge in [-0.3, -0.25) is 0 Å². The normalized spacial score (nSPS) is 10.7. The fourth-order valence-electron chi connectivity index (χ4n) is 3.24. The molecule has 2 heteroatoms. The zero-order valence-corrected chi connectivity index (χ0v) is 15.1. The molecule has 0 aliphatic carbocycles. The first kappa shape index (κ1) is 16.2. The van der Waals surface area contributed by atoms with Gasteiger partial charge < -0.3 is 9.97 Å². The molecule has 3 aromatic carbocycles. The Morgan fingerprint density at radius 3 is 2.12 bits per heavy atom. The number of aryl methyl sites for hydroxylation is 2. The summed E-state index contributed by atoms with van der Waals surface area (Å²) >= 11 is 0. The Morgan fingerprint density at radius 2 is 1.31 bits per heavy atom. The second kappa shape index (κ2) is 6.93. The van der Waals surface area contributed by atoms with Crippen LogP contribution in [0.3, 0.4) is 0 Å². The predicted molar refractivity (Wildman–Crippen MR) is 112 cm³/mol. The number of hydrogen-bond donors (Lipinski definition) is 2. The summed E-state index contributed by atoms with van der Waals surface area (Å²) in [5, 5.41) is 2.57. The number of hydrogen-bond acceptors (Lipinski definition) is 0. The van der Waals surface area contributed by atoms with Crippen LogP contribution in [0.2, 0.25) is 0 Å². The highest BCUT2D eigenvalue weighted by atomic mass is 14.7. The third-order valence-electron chi connectivity index (χ3n) is 4.53. The lowest BCUT2D eigenvalue weighted by Crippen LogP contribution is -1.74. The van der Waals surface area contributed by atoms with Crippen LogP contribution in [0.5, 0.6) is 0 Å². The van der Waals surface area contributed by atoms with Gasteiger partial charge in [0.15, 0.2) is 0 Å². The molecule has 5 aromatic rings. The van der Waals surface area contributed by atoms with Gasteiger partial charge in [0.1, 0.15) is 0 Å². The maximum Gasteiger partial charge on any atom is 0.0464 e. The van der Waals surface area contributed by atoms with Gasteiger partial charge in [-0.1, -0.05) is 60.2 Å². The molecule has 5 rings (SSSR count). The number of nitrogens with one attached hydrogen (secondary N) is 2. The van der Waals surface area contributed by atoms with E-state index in [-0.39, 0.29) is 0 Å². The van der Waals surface area contributed by atoms with E-state index in [1.54, 1.807) is 0 Å². The smallest absolute Gasteiger partial charge is 0.0464 e. The SMILES string of the molecule is Cc1ccc2[nH]c(C)cc2c1.c1ccc(-c2cc3ccccc3[nH]2)cc1. The Morgan fingerprint density at radius 1 is 0.577 bits per heavy atom. The predicted octanol–water partition coefficient (Wildman–Crippen LogP) is 6.62. The van der Waals surface area contributed by atoms with Crippen molar-refractivity contribution in [1.29, 1.82) is 0 Å². The van der Waals surface area contributed by atoms with Crippen molar-refractivity contribution in [2.75, 3.05) is 0 Å². The molecule has 0 aliphatic rings. The Kier molecular flexibility index (Phi) is 4.32. The minimum absolute atomic E-state index is 1.18. The molecule has 2 N–H and O–H groups in total. The molecule has 0 bridgehead atoms. The van der Waals surface area contributed by atoms with E-state index in [9.17, 15) is 0 Å². The summed E-state index contributed by atoms with van der Waals surface area (Å²) in [6.07, 6.45) is 0. The summed E-state index contributed by atoms with van der Waals surface area (Å²) in [4.78, 5) is 6.70. The molecule has 0 spiro atoms. The highest BCUT2D eigenvalue weighted by molar-refractivity contribution is 5.85. The van der Waals surface area contributed by atoms with Gasteiger partial charge in [-0.05, 0) is 55.1 Å². The fraction of sp³-hybridized carbons (Fsp3) is 0.0833. The van der Waals surface area contributed by atoms with E-state index >= 15 is 0 Å². The van der Waals surface area contributed by atoms with Crippen LogP contribution in [-0.2, 0) is 0 Å². The van der Waals surface area contributed by atoms with Gasteiger partial charge in [0.2, 0.25) is 0 Å². The second-order valence-electron chi connectivity index (χ2n) is 6.68. The molecule has 0 aliphatic heterocycles.